The summed E-state index contributed by atoms with van der Waals surface area (Å²) >= 11 is 0. The fraction of sp³-hybridized carbons (Fsp3) is 0.417. The van der Waals surface area contributed by atoms with Crippen molar-refractivity contribution >= 4 is 5.91 Å². The van der Waals surface area contributed by atoms with Gasteiger partial charge >= 0.3 is 0 Å². The third-order valence-corrected chi connectivity index (χ3v) is 2.54. The minimum Gasteiger partial charge on any atom is -0.370 e. The SMILES string of the molecule is Cc1cccc(CN2CCOCC2=O)c1. The highest BCUT2D eigenvalue weighted by molar-refractivity contribution is 5.77. The zero-order chi connectivity index (χ0) is 10.7. The number of amides is 1. The highest BCUT2D eigenvalue weighted by Crippen LogP contribution is 2.09. The third kappa shape index (κ3) is 2.57. The number of aryl methyl sites for hydroxylation is 1. The summed E-state index contributed by atoms with van der Waals surface area (Å²) < 4.78 is 5.08. The van der Waals surface area contributed by atoms with Crippen LogP contribution in [-0.2, 0) is 16.1 Å². The molecule has 0 aromatic heterocycles. The summed E-state index contributed by atoms with van der Waals surface area (Å²) in [7, 11) is 0. The van der Waals surface area contributed by atoms with Crippen molar-refractivity contribution in [1.82, 2.24) is 4.90 Å². The van der Waals surface area contributed by atoms with Crippen LogP contribution in [0.4, 0.5) is 0 Å². The molecule has 15 heavy (non-hydrogen) atoms. The number of rotatable bonds is 2. The first-order valence-corrected chi connectivity index (χ1v) is 5.17. The minimum atomic E-state index is 0.0859. The average molecular weight is 205 g/mol. The molecule has 1 heterocycles. The van der Waals surface area contributed by atoms with E-state index in [2.05, 4.69) is 25.1 Å². The van der Waals surface area contributed by atoms with Crippen LogP contribution in [0.25, 0.3) is 0 Å². The zero-order valence-electron chi connectivity index (χ0n) is 8.90. The first-order valence-electron chi connectivity index (χ1n) is 5.17. The van der Waals surface area contributed by atoms with E-state index in [0.29, 0.717) is 19.7 Å². The Kier molecular flexibility index (Phi) is 3.02. The number of hydrogen-bond donors (Lipinski definition) is 0. The van der Waals surface area contributed by atoms with E-state index in [1.165, 1.54) is 11.1 Å². The van der Waals surface area contributed by atoms with Gasteiger partial charge in [0.1, 0.15) is 6.61 Å². The number of hydrogen-bond acceptors (Lipinski definition) is 2. The maximum atomic E-state index is 11.5. The van der Waals surface area contributed by atoms with Crippen molar-refractivity contribution in [3.8, 4) is 0 Å². The van der Waals surface area contributed by atoms with E-state index in [4.69, 9.17) is 4.74 Å². The first kappa shape index (κ1) is 10.2. The molecule has 80 valence electrons. The van der Waals surface area contributed by atoms with Crippen LogP contribution in [0.15, 0.2) is 24.3 Å². The molecule has 3 nitrogen and oxygen atoms in total. The molecule has 1 fully saturated rings. The molecule has 1 amide bonds. The van der Waals surface area contributed by atoms with Gasteiger partial charge in [0.2, 0.25) is 5.91 Å². The van der Waals surface area contributed by atoms with E-state index in [1.807, 2.05) is 11.0 Å². The molecular formula is C12H15NO2. The van der Waals surface area contributed by atoms with Gasteiger partial charge in [0, 0.05) is 13.1 Å². The number of morpholine rings is 1. The second-order valence-electron chi connectivity index (χ2n) is 3.86. The number of ether oxygens (including phenoxy) is 1. The van der Waals surface area contributed by atoms with Crippen LogP contribution < -0.4 is 0 Å². The van der Waals surface area contributed by atoms with Crippen molar-refractivity contribution in [2.24, 2.45) is 0 Å². The lowest BCUT2D eigenvalue weighted by atomic mass is 10.1. The molecule has 0 atom stereocenters. The largest absolute Gasteiger partial charge is 0.370 e. The summed E-state index contributed by atoms with van der Waals surface area (Å²) in [4.78, 5) is 13.3. The van der Waals surface area contributed by atoms with Crippen molar-refractivity contribution in [3.05, 3.63) is 35.4 Å². The smallest absolute Gasteiger partial charge is 0.248 e. The van der Waals surface area contributed by atoms with Crippen LogP contribution in [0.3, 0.4) is 0 Å². The Morgan fingerprint density at radius 3 is 3.07 bits per heavy atom. The Hall–Kier alpha value is -1.35. The minimum absolute atomic E-state index is 0.0859. The van der Waals surface area contributed by atoms with Crippen LogP contribution in [0.5, 0.6) is 0 Å². The molecule has 0 saturated carbocycles. The lowest BCUT2D eigenvalue weighted by Crippen LogP contribution is -2.40. The van der Waals surface area contributed by atoms with E-state index >= 15 is 0 Å². The van der Waals surface area contributed by atoms with Crippen LogP contribution in [0.2, 0.25) is 0 Å². The quantitative estimate of drug-likeness (QED) is 0.729. The van der Waals surface area contributed by atoms with Crippen LogP contribution in [0.1, 0.15) is 11.1 Å². The average Bonchev–Trinajstić information content (AvgIpc) is 2.22. The molecule has 1 aliphatic rings. The Bertz CT molecular complexity index is 362. The molecule has 1 saturated heterocycles. The van der Waals surface area contributed by atoms with Gasteiger partial charge in [-0.2, -0.15) is 0 Å². The summed E-state index contributed by atoms with van der Waals surface area (Å²) in [5.41, 5.74) is 2.42. The summed E-state index contributed by atoms with van der Waals surface area (Å²) in [6, 6.07) is 8.25. The van der Waals surface area contributed by atoms with Crippen molar-refractivity contribution in [2.45, 2.75) is 13.5 Å². The monoisotopic (exact) mass is 205 g/mol. The van der Waals surface area contributed by atoms with Gasteiger partial charge < -0.3 is 9.64 Å². The van der Waals surface area contributed by atoms with Gasteiger partial charge in [-0.25, -0.2) is 0 Å². The van der Waals surface area contributed by atoms with Crippen molar-refractivity contribution < 1.29 is 9.53 Å². The predicted molar refractivity (Wildman–Crippen MR) is 57.4 cm³/mol. The summed E-state index contributed by atoms with van der Waals surface area (Å²) in [5, 5.41) is 0. The van der Waals surface area contributed by atoms with Gasteiger partial charge in [0.25, 0.3) is 0 Å². The highest BCUT2D eigenvalue weighted by Gasteiger charge is 2.18. The summed E-state index contributed by atoms with van der Waals surface area (Å²) in [5.74, 6) is 0.0859. The first-order chi connectivity index (χ1) is 7.25. The topological polar surface area (TPSA) is 29.5 Å². The fourth-order valence-corrected chi connectivity index (χ4v) is 1.75. The van der Waals surface area contributed by atoms with E-state index in [-0.39, 0.29) is 12.5 Å². The summed E-state index contributed by atoms with van der Waals surface area (Å²) in [6.07, 6.45) is 0. The van der Waals surface area contributed by atoms with Crippen LogP contribution in [0, 0.1) is 6.92 Å². The third-order valence-electron chi connectivity index (χ3n) is 2.54. The van der Waals surface area contributed by atoms with Gasteiger partial charge in [-0.05, 0) is 12.5 Å². The van der Waals surface area contributed by atoms with Crippen LogP contribution >= 0.6 is 0 Å². The second kappa shape index (κ2) is 4.45. The number of carbonyl (C=O) groups excluding carboxylic acids is 1. The molecular weight excluding hydrogens is 190 g/mol. The molecule has 0 unspecified atom stereocenters. The number of carbonyl (C=O) groups is 1. The maximum absolute atomic E-state index is 11.5. The van der Waals surface area contributed by atoms with Gasteiger partial charge in [0.15, 0.2) is 0 Å². The Labute approximate surface area is 89.7 Å². The predicted octanol–water partition coefficient (Wildman–Crippen LogP) is 1.35. The molecule has 0 N–H and O–H groups in total. The molecule has 1 aromatic rings. The molecule has 0 aliphatic carbocycles. The van der Waals surface area contributed by atoms with Gasteiger partial charge in [0.05, 0.1) is 6.61 Å². The lowest BCUT2D eigenvalue weighted by Gasteiger charge is -2.26. The second-order valence-corrected chi connectivity index (χ2v) is 3.86. The van der Waals surface area contributed by atoms with E-state index < -0.39 is 0 Å². The standard InChI is InChI=1S/C12H15NO2/c1-10-3-2-4-11(7-10)8-13-5-6-15-9-12(13)14/h2-4,7H,5-6,8-9H2,1H3. The molecule has 2 rings (SSSR count). The Balaban J connectivity index is 2.04. The summed E-state index contributed by atoms with van der Waals surface area (Å²) in [6.45, 7) is 4.34. The number of nitrogens with zero attached hydrogens (tertiary/aromatic N) is 1. The van der Waals surface area contributed by atoms with E-state index in [0.717, 1.165) is 0 Å². The van der Waals surface area contributed by atoms with Crippen molar-refractivity contribution in [3.63, 3.8) is 0 Å². The van der Waals surface area contributed by atoms with Gasteiger partial charge in [-0.15, -0.1) is 0 Å². The Morgan fingerprint density at radius 2 is 2.33 bits per heavy atom. The molecule has 1 aromatic carbocycles. The van der Waals surface area contributed by atoms with Gasteiger partial charge in [-0.3, -0.25) is 4.79 Å². The molecule has 1 aliphatic heterocycles. The molecule has 0 spiro atoms. The van der Waals surface area contributed by atoms with E-state index in [1.54, 1.807) is 0 Å². The maximum Gasteiger partial charge on any atom is 0.248 e. The molecule has 3 heteroatoms. The van der Waals surface area contributed by atoms with Gasteiger partial charge in [-0.1, -0.05) is 29.8 Å². The highest BCUT2D eigenvalue weighted by atomic mass is 16.5. The zero-order valence-corrected chi connectivity index (χ0v) is 8.90. The normalized spacial score (nSPS) is 16.9. The lowest BCUT2D eigenvalue weighted by molar-refractivity contribution is -0.143. The molecule has 0 radical (unpaired) electrons. The van der Waals surface area contributed by atoms with Crippen molar-refractivity contribution in [1.29, 1.82) is 0 Å². The van der Waals surface area contributed by atoms with Crippen molar-refractivity contribution in [2.75, 3.05) is 19.8 Å². The molecule has 0 bridgehead atoms. The Morgan fingerprint density at radius 1 is 1.47 bits per heavy atom. The fourth-order valence-electron chi connectivity index (χ4n) is 1.75. The van der Waals surface area contributed by atoms with E-state index in [9.17, 15) is 4.79 Å². The number of benzene rings is 1. The van der Waals surface area contributed by atoms with Crippen LogP contribution in [-0.4, -0.2) is 30.6 Å².